The second-order valence-corrected chi connectivity index (χ2v) is 5.36. The Balaban J connectivity index is 1.76. The molecule has 0 fully saturated rings. The number of nitrogens with one attached hydrogen (secondary N) is 1. The van der Waals surface area contributed by atoms with E-state index in [2.05, 4.69) is 20.0 Å². The summed E-state index contributed by atoms with van der Waals surface area (Å²) in [6.45, 7) is 1.99. The largest absolute Gasteiger partial charge is 0.573 e. The molecule has 7 heteroatoms. The Hall–Kier alpha value is -3.09. The lowest BCUT2D eigenvalue weighted by Gasteiger charge is -2.10. The summed E-state index contributed by atoms with van der Waals surface area (Å²) in [6.07, 6.45) is -3.27. The number of benzene rings is 2. The maximum absolute atomic E-state index is 12.2. The van der Waals surface area contributed by atoms with Crippen LogP contribution in [0.15, 0.2) is 60.9 Å². The first-order valence-electron chi connectivity index (χ1n) is 7.41. The molecule has 4 nitrogen and oxygen atoms in total. The first-order chi connectivity index (χ1) is 11.9. The fraction of sp³-hybridized carbons (Fsp3) is 0.111. The minimum absolute atomic E-state index is 0.277. The Bertz CT molecular complexity index is 864. The average Bonchev–Trinajstić information content (AvgIpc) is 2.56. The van der Waals surface area contributed by atoms with Gasteiger partial charge in [-0.15, -0.1) is 13.2 Å². The molecule has 0 radical (unpaired) electrons. The van der Waals surface area contributed by atoms with Crippen molar-refractivity contribution in [2.75, 3.05) is 5.32 Å². The van der Waals surface area contributed by atoms with Crippen molar-refractivity contribution in [2.45, 2.75) is 13.3 Å². The van der Waals surface area contributed by atoms with Crippen LogP contribution in [0.4, 0.5) is 24.7 Å². The van der Waals surface area contributed by atoms with Crippen molar-refractivity contribution in [3.8, 4) is 17.0 Å². The molecule has 0 atom stereocenters. The number of rotatable bonds is 4. The van der Waals surface area contributed by atoms with Crippen molar-refractivity contribution in [1.29, 1.82) is 0 Å². The molecule has 0 bridgehead atoms. The zero-order chi connectivity index (χ0) is 17.9. The molecule has 25 heavy (non-hydrogen) atoms. The smallest absolute Gasteiger partial charge is 0.406 e. The van der Waals surface area contributed by atoms with E-state index >= 15 is 0 Å². The molecule has 0 aliphatic rings. The van der Waals surface area contributed by atoms with Crippen LogP contribution in [0, 0.1) is 6.92 Å². The molecule has 3 aromatic rings. The van der Waals surface area contributed by atoms with E-state index in [4.69, 9.17) is 0 Å². The number of anilines is 2. The van der Waals surface area contributed by atoms with Crippen molar-refractivity contribution < 1.29 is 17.9 Å². The van der Waals surface area contributed by atoms with E-state index < -0.39 is 6.36 Å². The van der Waals surface area contributed by atoms with Crippen LogP contribution in [0.5, 0.6) is 5.75 Å². The van der Waals surface area contributed by atoms with E-state index in [-0.39, 0.29) is 5.75 Å². The van der Waals surface area contributed by atoms with Crippen LogP contribution < -0.4 is 10.1 Å². The van der Waals surface area contributed by atoms with Crippen molar-refractivity contribution in [3.63, 3.8) is 0 Å². The van der Waals surface area contributed by atoms with Crippen molar-refractivity contribution in [3.05, 3.63) is 66.5 Å². The van der Waals surface area contributed by atoms with Gasteiger partial charge in [-0.25, -0.2) is 9.97 Å². The molecule has 0 aliphatic heterocycles. The van der Waals surface area contributed by atoms with Crippen LogP contribution in [0.25, 0.3) is 11.3 Å². The van der Waals surface area contributed by atoms with Crippen LogP contribution >= 0.6 is 0 Å². The molecular formula is C18H14F3N3O. The molecule has 2 aromatic carbocycles. The van der Waals surface area contributed by atoms with E-state index in [9.17, 15) is 13.2 Å². The van der Waals surface area contributed by atoms with Gasteiger partial charge in [0, 0.05) is 17.3 Å². The maximum Gasteiger partial charge on any atom is 0.573 e. The third-order valence-corrected chi connectivity index (χ3v) is 3.34. The van der Waals surface area contributed by atoms with Crippen molar-refractivity contribution in [2.24, 2.45) is 0 Å². The van der Waals surface area contributed by atoms with E-state index in [0.29, 0.717) is 11.5 Å². The molecule has 0 spiro atoms. The van der Waals surface area contributed by atoms with Crippen molar-refractivity contribution in [1.82, 2.24) is 9.97 Å². The van der Waals surface area contributed by atoms with E-state index in [0.717, 1.165) is 16.8 Å². The minimum atomic E-state index is -4.70. The number of nitrogens with zero attached hydrogens (tertiary/aromatic N) is 2. The van der Waals surface area contributed by atoms with Gasteiger partial charge >= 0.3 is 6.36 Å². The fourth-order valence-corrected chi connectivity index (χ4v) is 2.28. The Morgan fingerprint density at radius 1 is 0.960 bits per heavy atom. The number of hydrogen-bond donors (Lipinski definition) is 1. The normalized spacial score (nSPS) is 11.2. The summed E-state index contributed by atoms with van der Waals surface area (Å²) in [5.41, 5.74) is 3.41. The topological polar surface area (TPSA) is 47.0 Å². The molecule has 0 aliphatic carbocycles. The van der Waals surface area contributed by atoms with Gasteiger partial charge in [0.15, 0.2) is 0 Å². The molecule has 1 N–H and O–H groups in total. The monoisotopic (exact) mass is 345 g/mol. The summed E-state index contributed by atoms with van der Waals surface area (Å²) in [4.78, 5) is 8.38. The SMILES string of the molecule is Cc1cccc(-c2cc(Nc3ccc(OC(F)(F)F)cc3)ncn2)c1. The van der Waals surface area contributed by atoms with Gasteiger partial charge in [-0.05, 0) is 37.3 Å². The Labute approximate surface area is 142 Å². The van der Waals surface area contributed by atoms with Gasteiger partial charge in [-0.1, -0.05) is 23.8 Å². The summed E-state index contributed by atoms with van der Waals surface area (Å²) < 4.78 is 40.3. The number of alkyl halides is 3. The lowest BCUT2D eigenvalue weighted by Crippen LogP contribution is -2.16. The number of hydrogen-bond acceptors (Lipinski definition) is 4. The van der Waals surface area contributed by atoms with Gasteiger partial charge in [0.1, 0.15) is 17.9 Å². The number of ether oxygens (including phenoxy) is 1. The Kier molecular flexibility index (Phi) is 4.56. The molecule has 0 saturated heterocycles. The second-order valence-electron chi connectivity index (χ2n) is 5.36. The van der Waals surface area contributed by atoms with E-state index in [1.54, 1.807) is 6.07 Å². The van der Waals surface area contributed by atoms with Crippen LogP contribution in [-0.4, -0.2) is 16.3 Å². The van der Waals surface area contributed by atoms with Gasteiger partial charge in [0.05, 0.1) is 5.69 Å². The van der Waals surface area contributed by atoms with Gasteiger partial charge in [-0.2, -0.15) is 0 Å². The number of aromatic nitrogens is 2. The highest BCUT2D eigenvalue weighted by Gasteiger charge is 2.30. The first kappa shape index (κ1) is 16.8. The molecule has 0 saturated carbocycles. The number of aryl methyl sites for hydroxylation is 1. The molecule has 1 heterocycles. The lowest BCUT2D eigenvalue weighted by atomic mass is 10.1. The number of halogens is 3. The third kappa shape index (κ3) is 4.69. The highest BCUT2D eigenvalue weighted by atomic mass is 19.4. The van der Waals surface area contributed by atoms with E-state index in [1.165, 1.54) is 30.6 Å². The molecule has 0 amide bonds. The zero-order valence-electron chi connectivity index (χ0n) is 13.2. The van der Waals surface area contributed by atoms with E-state index in [1.807, 2.05) is 31.2 Å². The summed E-state index contributed by atoms with van der Waals surface area (Å²) >= 11 is 0. The first-order valence-corrected chi connectivity index (χ1v) is 7.41. The Morgan fingerprint density at radius 3 is 2.40 bits per heavy atom. The minimum Gasteiger partial charge on any atom is -0.406 e. The summed E-state index contributed by atoms with van der Waals surface area (Å²) in [5.74, 6) is 0.261. The standard InChI is InChI=1S/C18H14F3N3O/c1-12-3-2-4-13(9-12)16-10-17(23-11-22-16)24-14-5-7-15(8-6-14)25-18(19,20)21/h2-11H,1H3,(H,22,23,24). The molecular weight excluding hydrogens is 331 g/mol. The quantitative estimate of drug-likeness (QED) is 0.715. The van der Waals surface area contributed by atoms with Crippen LogP contribution in [-0.2, 0) is 0 Å². The highest BCUT2D eigenvalue weighted by Crippen LogP contribution is 2.26. The van der Waals surface area contributed by atoms with Gasteiger partial charge in [0.2, 0.25) is 0 Å². The molecule has 128 valence electrons. The second kappa shape index (κ2) is 6.80. The molecule has 1 aromatic heterocycles. The third-order valence-electron chi connectivity index (χ3n) is 3.34. The molecule has 0 unspecified atom stereocenters. The van der Waals surface area contributed by atoms with Gasteiger partial charge in [0.25, 0.3) is 0 Å². The summed E-state index contributed by atoms with van der Waals surface area (Å²) in [7, 11) is 0. The maximum atomic E-state index is 12.2. The van der Waals surface area contributed by atoms with Crippen LogP contribution in [0.3, 0.4) is 0 Å². The van der Waals surface area contributed by atoms with Gasteiger partial charge < -0.3 is 10.1 Å². The fourth-order valence-electron chi connectivity index (χ4n) is 2.28. The summed E-state index contributed by atoms with van der Waals surface area (Å²) in [6, 6.07) is 15.1. The summed E-state index contributed by atoms with van der Waals surface area (Å²) in [5, 5.41) is 3.03. The van der Waals surface area contributed by atoms with Gasteiger partial charge in [-0.3, -0.25) is 0 Å². The zero-order valence-corrected chi connectivity index (χ0v) is 13.2. The highest BCUT2D eigenvalue weighted by molar-refractivity contribution is 5.65. The average molecular weight is 345 g/mol. The van der Waals surface area contributed by atoms with Crippen LogP contribution in [0.1, 0.15) is 5.56 Å². The van der Waals surface area contributed by atoms with Crippen molar-refractivity contribution >= 4 is 11.5 Å². The lowest BCUT2D eigenvalue weighted by molar-refractivity contribution is -0.274. The predicted molar refractivity (Wildman–Crippen MR) is 88.6 cm³/mol. The molecule has 3 rings (SSSR count). The predicted octanol–water partition coefficient (Wildman–Crippen LogP) is 5.09. The Morgan fingerprint density at radius 2 is 1.72 bits per heavy atom. The van der Waals surface area contributed by atoms with Crippen LogP contribution in [0.2, 0.25) is 0 Å².